The summed E-state index contributed by atoms with van der Waals surface area (Å²) in [6.07, 6.45) is 7.61. The number of nitrogens with zero attached hydrogens (tertiary/aromatic N) is 5. The molecule has 20 heavy (non-hydrogen) atoms. The molecule has 2 fully saturated rings. The van der Waals surface area contributed by atoms with Crippen molar-refractivity contribution in [2.75, 3.05) is 25.0 Å². The fourth-order valence-electron chi connectivity index (χ4n) is 3.29. The van der Waals surface area contributed by atoms with Crippen LogP contribution >= 0.6 is 0 Å². The molecule has 0 amide bonds. The zero-order chi connectivity index (χ0) is 13.4. The molecule has 0 radical (unpaired) electrons. The highest BCUT2D eigenvalue weighted by atomic mass is 15.3. The average molecular weight is 270 g/mol. The zero-order valence-electron chi connectivity index (χ0n) is 11.3. The predicted molar refractivity (Wildman–Crippen MR) is 75.7 cm³/mol. The van der Waals surface area contributed by atoms with Crippen LogP contribution in [-0.4, -0.2) is 50.3 Å². The standard InChI is InChI=1S/C14H18N6/c1-2-14(20-10-15-9-17-20)16-7-12(1)18-13-4-6-19-5-3-11(13)8-19/h1-2,7,9-11,13,18H,3-6,8H2. The Morgan fingerprint density at radius 2 is 2.15 bits per heavy atom. The van der Waals surface area contributed by atoms with Crippen molar-refractivity contribution in [3.63, 3.8) is 0 Å². The highest BCUT2D eigenvalue weighted by molar-refractivity contribution is 5.44. The summed E-state index contributed by atoms with van der Waals surface area (Å²) >= 11 is 0. The van der Waals surface area contributed by atoms with Crippen LogP contribution in [0.5, 0.6) is 0 Å². The Labute approximate surface area is 117 Å². The van der Waals surface area contributed by atoms with E-state index in [1.807, 2.05) is 12.3 Å². The predicted octanol–water partition coefficient (Wildman–Crippen LogP) is 1.17. The van der Waals surface area contributed by atoms with Gasteiger partial charge in [-0.25, -0.2) is 14.6 Å². The minimum absolute atomic E-state index is 0.591. The van der Waals surface area contributed by atoms with Crippen LogP contribution in [0.15, 0.2) is 31.0 Å². The molecule has 0 saturated carbocycles. The van der Waals surface area contributed by atoms with E-state index in [0.717, 1.165) is 17.4 Å². The third kappa shape index (κ3) is 2.16. The molecular formula is C14H18N6. The van der Waals surface area contributed by atoms with Gasteiger partial charge in [0, 0.05) is 19.1 Å². The number of fused-ring (bicyclic) bond motifs is 2. The number of anilines is 1. The molecule has 2 bridgehead atoms. The maximum Gasteiger partial charge on any atom is 0.155 e. The summed E-state index contributed by atoms with van der Waals surface area (Å²) in [7, 11) is 0. The van der Waals surface area contributed by atoms with E-state index in [1.165, 1.54) is 38.8 Å². The number of pyridine rings is 1. The van der Waals surface area contributed by atoms with Crippen molar-refractivity contribution in [3.8, 4) is 5.82 Å². The second-order valence-electron chi connectivity index (χ2n) is 5.63. The summed E-state index contributed by atoms with van der Waals surface area (Å²) in [5, 5.41) is 7.73. The van der Waals surface area contributed by atoms with E-state index in [2.05, 4.69) is 31.3 Å². The smallest absolute Gasteiger partial charge is 0.155 e. The van der Waals surface area contributed by atoms with Crippen molar-refractivity contribution in [1.29, 1.82) is 0 Å². The maximum atomic E-state index is 4.44. The third-order valence-electron chi connectivity index (χ3n) is 4.39. The molecule has 6 nitrogen and oxygen atoms in total. The lowest BCUT2D eigenvalue weighted by Gasteiger charge is -2.31. The normalized spacial score (nSPS) is 28.5. The van der Waals surface area contributed by atoms with Crippen LogP contribution < -0.4 is 5.32 Å². The number of rotatable bonds is 3. The first kappa shape index (κ1) is 11.8. The van der Waals surface area contributed by atoms with Gasteiger partial charge in [-0.1, -0.05) is 0 Å². The Kier molecular flexibility index (Phi) is 2.88. The molecule has 4 rings (SSSR count). The number of hydrogen-bond donors (Lipinski definition) is 1. The Morgan fingerprint density at radius 3 is 2.95 bits per heavy atom. The molecule has 104 valence electrons. The van der Waals surface area contributed by atoms with E-state index in [-0.39, 0.29) is 0 Å². The molecule has 1 N–H and O–H groups in total. The van der Waals surface area contributed by atoms with Crippen LogP contribution in [0.4, 0.5) is 5.69 Å². The first-order chi connectivity index (χ1) is 9.88. The summed E-state index contributed by atoms with van der Waals surface area (Å²) in [6.45, 7) is 3.74. The summed E-state index contributed by atoms with van der Waals surface area (Å²) in [6, 6.07) is 4.64. The fourth-order valence-corrected chi connectivity index (χ4v) is 3.29. The highest BCUT2D eigenvalue weighted by Crippen LogP contribution is 2.29. The first-order valence-corrected chi connectivity index (χ1v) is 7.18. The van der Waals surface area contributed by atoms with E-state index in [4.69, 9.17) is 0 Å². The summed E-state index contributed by atoms with van der Waals surface area (Å²) in [5.74, 6) is 1.59. The van der Waals surface area contributed by atoms with Crippen LogP contribution in [0.25, 0.3) is 5.82 Å². The first-order valence-electron chi connectivity index (χ1n) is 7.18. The van der Waals surface area contributed by atoms with Crippen LogP contribution in [0.2, 0.25) is 0 Å². The number of piperidine rings is 1. The van der Waals surface area contributed by atoms with Crippen molar-refractivity contribution >= 4 is 5.69 Å². The molecule has 2 aliphatic rings. The van der Waals surface area contributed by atoms with Gasteiger partial charge in [-0.15, -0.1) is 0 Å². The molecule has 2 aliphatic heterocycles. The maximum absolute atomic E-state index is 4.44. The number of nitrogens with one attached hydrogen (secondary N) is 1. The lowest BCUT2D eigenvalue weighted by Crippen LogP contribution is -2.39. The van der Waals surface area contributed by atoms with Gasteiger partial charge in [0.1, 0.15) is 12.7 Å². The zero-order valence-corrected chi connectivity index (χ0v) is 11.3. The van der Waals surface area contributed by atoms with Gasteiger partial charge >= 0.3 is 0 Å². The molecule has 0 aliphatic carbocycles. The van der Waals surface area contributed by atoms with E-state index >= 15 is 0 Å². The minimum atomic E-state index is 0.591. The van der Waals surface area contributed by atoms with Gasteiger partial charge in [-0.05, 0) is 37.4 Å². The SMILES string of the molecule is c1ncn(-c2ccc(NC3CCN4CCC3C4)cn2)n1. The van der Waals surface area contributed by atoms with Crippen molar-refractivity contribution in [2.24, 2.45) is 5.92 Å². The number of aromatic nitrogens is 4. The van der Waals surface area contributed by atoms with E-state index < -0.39 is 0 Å². The van der Waals surface area contributed by atoms with E-state index in [0.29, 0.717) is 6.04 Å². The van der Waals surface area contributed by atoms with Gasteiger partial charge < -0.3 is 10.2 Å². The lowest BCUT2D eigenvalue weighted by atomic mass is 9.94. The number of hydrogen-bond acceptors (Lipinski definition) is 5. The fraction of sp³-hybridized carbons (Fsp3) is 0.500. The molecular weight excluding hydrogens is 252 g/mol. The molecule has 6 heteroatoms. The monoisotopic (exact) mass is 270 g/mol. The van der Waals surface area contributed by atoms with Gasteiger partial charge in [0.2, 0.25) is 0 Å². The van der Waals surface area contributed by atoms with Gasteiger partial charge in [0.25, 0.3) is 0 Å². The molecule has 2 aromatic rings. The quantitative estimate of drug-likeness (QED) is 0.907. The largest absolute Gasteiger partial charge is 0.381 e. The van der Waals surface area contributed by atoms with Crippen molar-refractivity contribution < 1.29 is 0 Å². The van der Waals surface area contributed by atoms with Crippen molar-refractivity contribution in [1.82, 2.24) is 24.6 Å². The summed E-state index contributed by atoms with van der Waals surface area (Å²) in [5.41, 5.74) is 1.10. The second kappa shape index (κ2) is 4.86. The van der Waals surface area contributed by atoms with Crippen LogP contribution in [0.1, 0.15) is 12.8 Å². The second-order valence-corrected chi connectivity index (χ2v) is 5.63. The molecule has 0 spiro atoms. The van der Waals surface area contributed by atoms with Gasteiger partial charge in [-0.3, -0.25) is 0 Å². The Morgan fingerprint density at radius 1 is 1.20 bits per heavy atom. The van der Waals surface area contributed by atoms with Crippen molar-refractivity contribution in [2.45, 2.75) is 18.9 Å². The van der Waals surface area contributed by atoms with E-state index in [1.54, 1.807) is 11.0 Å². The Balaban J connectivity index is 1.46. The minimum Gasteiger partial charge on any atom is -0.381 e. The Bertz CT molecular complexity index is 564. The molecule has 3 unspecified atom stereocenters. The average Bonchev–Trinajstić information content (AvgIpc) is 3.14. The summed E-state index contributed by atoms with van der Waals surface area (Å²) in [4.78, 5) is 10.9. The Hall–Kier alpha value is -1.95. The van der Waals surface area contributed by atoms with Crippen LogP contribution in [-0.2, 0) is 0 Å². The van der Waals surface area contributed by atoms with Crippen LogP contribution in [0.3, 0.4) is 0 Å². The van der Waals surface area contributed by atoms with Gasteiger partial charge in [0.15, 0.2) is 5.82 Å². The van der Waals surface area contributed by atoms with Crippen molar-refractivity contribution in [3.05, 3.63) is 31.0 Å². The summed E-state index contributed by atoms with van der Waals surface area (Å²) < 4.78 is 1.67. The molecule has 4 heterocycles. The lowest BCUT2D eigenvalue weighted by molar-refractivity contribution is 0.255. The van der Waals surface area contributed by atoms with E-state index in [9.17, 15) is 0 Å². The highest BCUT2D eigenvalue weighted by Gasteiger charge is 2.34. The molecule has 3 atom stereocenters. The third-order valence-corrected chi connectivity index (χ3v) is 4.39. The topological polar surface area (TPSA) is 58.9 Å². The molecule has 2 aromatic heterocycles. The molecule has 0 aromatic carbocycles. The van der Waals surface area contributed by atoms with Gasteiger partial charge in [-0.2, -0.15) is 5.10 Å². The molecule has 2 saturated heterocycles. The van der Waals surface area contributed by atoms with Gasteiger partial charge in [0.05, 0.1) is 11.9 Å². The van der Waals surface area contributed by atoms with Crippen LogP contribution in [0, 0.1) is 5.92 Å².